The predicted octanol–water partition coefficient (Wildman–Crippen LogP) is 3.49. The summed E-state index contributed by atoms with van der Waals surface area (Å²) >= 11 is 0. The molecular weight excluding hydrogens is 259 g/mol. The molecule has 0 N–H and O–H groups in total. The molecule has 1 aliphatic rings. The lowest BCUT2D eigenvalue weighted by Crippen LogP contribution is -2.24. The van der Waals surface area contributed by atoms with E-state index in [2.05, 4.69) is 0 Å². The fraction of sp³-hybridized carbons (Fsp3) is 0.188. The van der Waals surface area contributed by atoms with E-state index in [4.69, 9.17) is 9.47 Å². The first-order valence-electron chi connectivity index (χ1n) is 6.43. The second-order valence-corrected chi connectivity index (χ2v) is 4.48. The fourth-order valence-corrected chi connectivity index (χ4v) is 2.37. The third-order valence-electron chi connectivity index (χ3n) is 3.22. The summed E-state index contributed by atoms with van der Waals surface area (Å²) in [6.07, 6.45) is -0.921. The van der Waals surface area contributed by atoms with Crippen molar-refractivity contribution in [3.8, 4) is 16.9 Å². The SMILES string of the molecule is CCOC(=O)C1Oc2ccccc2-c2ccc(F)cc21. The van der Waals surface area contributed by atoms with Crippen LogP contribution in [-0.2, 0) is 9.53 Å². The Balaban J connectivity index is 2.15. The van der Waals surface area contributed by atoms with E-state index in [-0.39, 0.29) is 6.61 Å². The third kappa shape index (κ3) is 2.03. The van der Waals surface area contributed by atoms with Crippen molar-refractivity contribution < 1.29 is 18.7 Å². The Morgan fingerprint density at radius 3 is 2.85 bits per heavy atom. The number of carbonyl (C=O) groups is 1. The van der Waals surface area contributed by atoms with Crippen LogP contribution in [0.5, 0.6) is 5.75 Å². The van der Waals surface area contributed by atoms with E-state index in [0.29, 0.717) is 11.3 Å². The minimum absolute atomic E-state index is 0.255. The molecule has 0 spiro atoms. The zero-order valence-corrected chi connectivity index (χ0v) is 10.9. The number of halogens is 1. The monoisotopic (exact) mass is 272 g/mol. The molecule has 0 saturated carbocycles. The van der Waals surface area contributed by atoms with Gasteiger partial charge in [-0.1, -0.05) is 24.3 Å². The Bertz CT molecular complexity index is 667. The highest BCUT2D eigenvalue weighted by Gasteiger charge is 2.32. The standard InChI is InChI=1S/C16H13FO3/c1-2-19-16(18)15-13-9-10(17)7-8-11(13)12-5-3-4-6-14(12)20-15/h3-9,15H,2H2,1H3. The molecule has 102 valence electrons. The minimum Gasteiger partial charge on any atom is -0.473 e. The van der Waals surface area contributed by atoms with Crippen molar-refractivity contribution in [3.05, 3.63) is 53.8 Å². The topological polar surface area (TPSA) is 35.5 Å². The number of rotatable bonds is 2. The van der Waals surface area contributed by atoms with Gasteiger partial charge in [0, 0.05) is 11.1 Å². The lowest BCUT2D eigenvalue weighted by atomic mass is 9.92. The van der Waals surface area contributed by atoms with E-state index >= 15 is 0 Å². The Morgan fingerprint density at radius 2 is 2.05 bits per heavy atom. The molecular formula is C16H13FO3. The van der Waals surface area contributed by atoms with Gasteiger partial charge in [-0.05, 0) is 30.7 Å². The number of esters is 1. The normalized spacial score (nSPS) is 15.8. The number of benzene rings is 2. The van der Waals surface area contributed by atoms with E-state index in [1.807, 2.05) is 18.2 Å². The van der Waals surface area contributed by atoms with Gasteiger partial charge in [0.25, 0.3) is 0 Å². The maximum Gasteiger partial charge on any atom is 0.352 e. The summed E-state index contributed by atoms with van der Waals surface area (Å²) in [4.78, 5) is 12.0. The van der Waals surface area contributed by atoms with Gasteiger partial charge in [0.15, 0.2) is 0 Å². The van der Waals surface area contributed by atoms with Crippen LogP contribution < -0.4 is 4.74 Å². The molecule has 4 heteroatoms. The number of hydrogen-bond donors (Lipinski definition) is 0. The quantitative estimate of drug-likeness (QED) is 0.785. The lowest BCUT2D eigenvalue weighted by Gasteiger charge is -2.27. The van der Waals surface area contributed by atoms with Crippen molar-refractivity contribution in [2.75, 3.05) is 6.61 Å². The molecule has 1 unspecified atom stereocenters. The molecule has 1 atom stereocenters. The summed E-state index contributed by atoms with van der Waals surface area (Å²) in [5, 5.41) is 0. The van der Waals surface area contributed by atoms with Gasteiger partial charge in [-0.3, -0.25) is 0 Å². The highest BCUT2D eigenvalue weighted by Crippen LogP contribution is 2.42. The maximum absolute atomic E-state index is 13.5. The lowest BCUT2D eigenvalue weighted by molar-refractivity contribution is -0.151. The highest BCUT2D eigenvalue weighted by atomic mass is 19.1. The van der Waals surface area contributed by atoms with Crippen LogP contribution in [0.25, 0.3) is 11.1 Å². The molecule has 0 aliphatic carbocycles. The van der Waals surface area contributed by atoms with Gasteiger partial charge in [0.1, 0.15) is 11.6 Å². The van der Waals surface area contributed by atoms with Crippen LogP contribution in [0.1, 0.15) is 18.6 Å². The van der Waals surface area contributed by atoms with Crippen molar-refractivity contribution in [3.63, 3.8) is 0 Å². The van der Waals surface area contributed by atoms with Gasteiger partial charge in [-0.15, -0.1) is 0 Å². The first-order valence-corrected chi connectivity index (χ1v) is 6.43. The molecule has 0 fully saturated rings. The number of hydrogen-bond acceptors (Lipinski definition) is 3. The molecule has 3 rings (SSSR count). The van der Waals surface area contributed by atoms with Crippen LogP contribution in [0, 0.1) is 5.82 Å². The fourth-order valence-electron chi connectivity index (χ4n) is 2.37. The summed E-state index contributed by atoms with van der Waals surface area (Å²) in [6.45, 7) is 1.98. The van der Waals surface area contributed by atoms with Crippen LogP contribution in [0.15, 0.2) is 42.5 Å². The van der Waals surface area contributed by atoms with Gasteiger partial charge < -0.3 is 9.47 Å². The van der Waals surface area contributed by atoms with Crippen LogP contribution in [0.3, 0.4) is 0 Å². The van der Waals surface area contributed by atoms with Crippen molar-refractivity contribution in [1.82, 2.24) is 0 Å². The number of carbonyl (C=O) groups excluding carboxylic acids is 1. The number of fused-ring (bicyclic) bond motifs is 3. The van der Waals surface area contributed by atoms with Gasteiger partial charge in [-0.2, -0.15) is 0 Å². The Hall–Kier alpha value is -2.36. The molecule has 0 saturated heterocycles. The van der Waals surface area contributed by atoms with Crippen molar-refractivity contribution in [1.29, 1.82) is 0 Å². The van der Waals surface area contributed by atoms with Crippen LogP contribution >= 0.6 is 0 Å². The Kier molecular flexibility index (Phi) is 3.14. The smallest absolute Gasteiger partial charge is 0.352 e. The molecule has 0 aromatic heterocycles. The van der Waals surface area contributed by atoms with Crippen LogP contribution in [0.2, 0.25) is 0 Å². The summed E-state index contributed by atoms with van der Waals surface area (Å²) in [7, 11) is 0. The maximum atomic E-state index is 13.5. The first-order chi connectivity index (χ1) is 9.70. The third-order valence-corrected chi connectivity index (χ3v) is 3.22. The molecule has 0 bridgehead atoms. The molecule has 0 radical (unpaired) electrons. The van der Waals surface area contributed by atoms with E-state index < -0.39 is 17.9 Å². The largest absolute Gasteiger partial charge is 0.473 e. The molecule has 0 amide bonds. The van der Waals surface area contributed by atoms with Crippen molar-refractivity contribution >= 4 is 5.97 Å². The summed E-state index contributed by atoms with van der Waals surface area (Å²) in [6, 6.07) is 11.7. The molecule has 2 aromatic rings. The second kappa shape index (κ2) is 4.96. The van der Waals surface area contributed by atoms with Gasteiger partial charge >= 0.3 is 5.97 Å². The van der Waals surface area contributed by atoms with Crippen molar-refractivity contribution in [2.24, 2.45) is 0 Å². The summed E-state index contributed by atoms with van der Waals surface area (Å²) in [5.41, 5.74) is 2.15. The van der Waals surface area contributed by atoms with E-state index in [1.54, 1.807) is 19.1 Å². The molecule has 1 aliphatic heterocycles. The molecule has 20 heavy (non-hydrogen) atoms. The average molecular weight is 272 g/mol. The number of ether oxygens (including phenoxy) is 2. The van der Waals surface area contributed by atoms with Gasteiger partial charge in [0.05, 0.1) is 6.61 Å². The zero-order chi connectivity index (χ0) is 14.1. The average Bonchev–Trinajstić information content (AvgIpc) is 2.46. The molecule has 1 heterocycles. The zero-order valence-electron chi connectivity index (χ0n) is 10.9. The van der Waals surface area contributed by atoms with Crippen LogP contribution in [-0.4, -0.2) is 12.6 Å². The molecule has 2 aromatic carbocycles. The van der Waals surface area contributed by atoms with E-state index in [0.717, 1.165) is 11.1 Å². The number of para-hydroxylation sites is 1. The highest BCUT2D eigenvalue weighted by molar-refractivity contribution is 5.85. The summed E-state index contributed by atoms with van der Waals surface area (Å²) in [5.74, 6) is -0.306. The second-order valence-electron chi connectivity index (χ2n) is 4.48. The van der Waals surface area contributed by atoms with Gasteiger partial charge in [0.2, 0.25) is 6.10 Å². The summed E-state index contributed by atoms with van der Waals surface area (Å²) < 4.78 is 24.2. The van der Waals surface area contributed by atoms with Crippen molar-refractivity contribution in [2.45, 2.75) is 13.0 Å². The molecule has 3 nitrogen and oxygen atoms in total. The van der Waals surface area contributed by atoms with E-state index in [9.17, 15) is 9.18 Å². The predicted molar refractivity (Wildman–Crippen MR) is 71.8 cm³/mol. The minimum atomic E-state index is -0.921. The Labute approximate surface area is 115 Å². The first kappa shape index (κ1) is 12.7. The van der Waals surface area contributed by atoms with Gasteiger partial charge in [-0.25, -0.2) is 9.18 Å². The Morgan fingerprint density at radius 1 is 1.25 bits per heavy atom. The van der Waals surface area contributed by atoms with E-state index in [1.165, 1.54) is 12.1 Å². The van der Waals surface area contributed by atoms with Crippen LogP contribution in [0.4, 0.5) is 4.39 Å².